The number of amides is 1. The van der Waals surface area contributed by atoms with Gasteiger partial charge in [0, 0.05) is 12.5 Å². The Hall–Kier alpha value is -1.55. The molecule has 1 aromatic rings. The standard InChI is InChI=1S/C17H25NO3/c1-12-6-5-7-13(8-12)14-9-15(11-19)18(10-14)16(20)21-17(2,3)4/h5-8,14-15,19H,9-11H2,1-4H3/t14-,15-/m0/s1. The molecule has 2 rings (SSSR count). The van der Waals surface area contributed by atoms with Gasteiger partial charge in [0.2, 0.25) is 0 Å². The largest absolute Gasteiger partial charge is 0.444 e. The number of likely N-dealkylation sites (tertiary alicyclic amines) is 1. The van der Waals surface area contributed by atoms with Crippen LogP contribution in [0.3, 0.4) is 0 Å². The molecule has 1 amide bonds. The Morgan fingerprint density at radius 1 is 1.43 bits per heavy atom. The van der Waals surface area contributed by atoms with E-state index in [0.29, 0.717) is 6.54 Å². The van der Waals surface area contributed by atoms with Crippen LogP contribution in [-0.2, 0) is 4.74 Å². The van der Waals surface area contributed by atoms with E-state index < -0.39 is 5.60 Å². The lowest BCUT2D eigenvalue weighted by atomic mass is 9.95. The van der Waals surface area contributed by atoms with Crippen molar-refractivity contribution in [2.24, 2.45) is 0 Å². The number of carbonyl (C=O) groups is 1. The third-order valence-corrected chi connectivity index (χ3v) is 3.77. The number of ether oxygens (including phenoxy) is 1. The van der Waals surface area contributed by atoms with E-state index in [9.17, 15) is 9.90 Å². The second kappa shape index (κ2) is 6.06. The number of hydrogen-bond donors (Lipinski definition) is 1. The molecule has 0 aromatic heterocycles. The van der Waals surface area contributed by atoms with Gasteiger partial charge in [-0.05, 0) is 39.7 Å². The molecule has 0 aliphatic carbocycles. The van der Waals surface area contributed by atoms with Crippen LogP contribution in [0.2, 0.25) is 0 Å². The zero-order chi connectivity index (χ0) is 15.6. The highest BCUT2D eigenvalue weighted by Gasteiger charge is 2.37. The number of hydrogen-bond acceptors (Lipinski definition) is 3. The summed E-state index contributed by atoms with van der Waals surface area (Å²) in [5.74, 6) is 0.259. The van der Waals surface area contributed by atoms with E-state index in [1.54, 1.807) is 4.90 Å². The highest BCUT2D eigenvalue weighted by atomic mass is 16.6. The molecule has 0 bridgehead atoms. The van der Waals surface area contributed by atoms with E-state index in [0.717, 1.165) is 6.42 Å². The van der Waals surface area contributed by atoms with Gasteiger partial charge in [-0.25, -0.2) is 4.79 Å². The summed E-state index contributed by atoms with van der Waals surface area (Å²) in [7, 11) is 0. The Labute approximate surface area is 126 Å². The number of benzene rings is 1. The van der Waals surface area contributed by atoms with Crippen LogP contribution in [0.5, 0.6) is 0 Å². The molecule has 1 aliphatic rings. The van der Waals surface area contributed by atoms with Crippen molar-refractivity contribution in [1.29, 1.82) is 0 Å². The molecule has 1 saturated heterocycles. The topological polar surface area (TPSA) is 49.8 Å². The zero-order valence-corrected chi connectivity index (χ0v) is 13.3. The second-order valence-corrected chi connectivity index (χ2v) is 6.82. The van der Waals surface area contributed by atoms with E-state index in [1.165, 1.54) is 11.1 Å². The maximum absolute atomic E-state index is 12.3. The first kappa shape index (κ1) is 15.8. The van der Waals surface area contributed by atoms with Gasteiger partial charge in [-0.3, -0.25) is 0 Å². The molecule has 0 radical (unpaired) electrons. The van der Waals surface area contributed by atoms with Crippen LogP contribution in [0, 0.1) is 6.92 Å². The number of carbonyl (C=O) groups excluding carboxylic acids is 1. The number of rotatable bonds is 2. The Morgan fingerprint density at radius 3 is 2.71 bits per heavy atom. The average Bonchev–Trinajstić information content (AvgIpc) is 2.81. The Bertz CT molecular complexity index is 507. The number of aryl methyl sites for hydroxylation is 1. The monoisotopic (exact) mass is 291 g/mol. The normalized spacial score (nSPS) is 22.4. The van der Waals surface area contributed by atoms with Gasteiger partial charge in [-0.2, -0.15) is 0 Å². The van der Waals surface area contributed by atoms with E-state index in [-0.39, 0.29) is 24.7 Å². The van der Waals surface area contributed by atoms with Gasteiger partial charge in [0.15, 0.2) is 0 Å². The summed E-state index contributed by atoms with van der Waals surface area (Å²) in [6.45, 7) is 8.20. The second-order valence-electron chi connectivity index (χ2n) is 6.82. The molecule has 1 aromatic carbocycles. The van der Waals surface area contributed by atoms with Gasteiger partial charge >= 0.3 is 6.09 Å². The summed E-state index contributed by atoms with van der Waals surface area (Å²) in [6.07, 6.45) is 0.441. The number of aliphatic hydroxyl groups is 1. The van der Waals surface area contributed by atoms with Gasteiger partial charge in [0.25, 0.3) is 0 Å². The minimum atomic E-state index is -0.515. The SMILES string of the molecule is Cc1cccc([C@H]2C[C@@H](CO)N(C(=O)OC(C)(C)C)C2)c1. The first-order valence-corrected chi connectivity index (χ1v) is 7.47. The predicted octanol–water partition coefficient (Wildman–Crippen LogP) is 3.08. The summed E-state index contributed by atoms with van der Waals surface area (Å²) >= 11 is 0. The number of aliphatic hydroxyl groups excluding tert-OH is 1. The van der Waals surface area contributed by atoms with Gasteiger partial charge in [0.05, 0.1) is 12.6 Å². The summed E-state index contributed by atoms with van der Waals surface area (Å²) in [4.78, 5) is 13.9. The van der Waals surface area contributed by atoms with Crippen molar-refractivity contribution in [3.8, 4) is 0 Å². The molecule has 21 heavy (non-hydrogen) atoms. The van der Waals surface area contributed by atoms with Crippen molar-refractivity contribution in [3.05, 3.63) is 35.4 Å². The van der Waals surface area contributed by atoms with Crippen molar-refractivity contribution < 1.29 is 14.6 Å². The summed E-state index contributed by atoms with van der Waals surface area (Å²) in [5, 5.41) is 9.55. The Balaban J connectivity index is 2.12. The molecule has 1 fully saturated rings. The van der Waals surface area contributed by atoms with Crippen LogP contribution in [0.25, 0.3) is 0 Å². The van der Waals surface area contributed by atoms with E-state index in [1.807, 2.05) is 26.8 Å². The summed E-state index contributed by atoms with van der Waals surface area (Å²) in [6, 6.07) is 8.18. The molecular formula is C17H25NO3. The Kier molecular flexibility index (Phi) is 4.57. The third-order valence-electron chi connectivity index (χ3n) is 3.77. The highest BCUT2D eigenvalue weighted by molar-refractivity contribution is 5.69. The van der Waals surface area contributed by atoms with Crippen LogP contribution in [0.1, 0.15) is 44.2 Å². The fourth-order valence-corrected chi connectivity index (χ4v) is 2.80. The molecule has 0 spiro atoms. The average molecular weight is 291 g/mol. The van der Waals surface area contributed by atoms with Gasteiger partial charge in [-0.15, -0.1) is 0 Å². The van der Waals surface area contributed by atoms with E-state index in [4.69, 9.17) is 4.74 Å². The van der Waals surface area contributed by atoms with Crippen LogP contribution >= 0.6 is 0 Å². The number of nitrogens with zero attached hydrogens (tertiary/aromatic N) is 1. The maximum atomic E-state index is 12.3. The van der Waals surface area contributed by atoms with Crippen molar-refractivity contribution in [2.75, 3.05) is 13.2 Å². The Morgan fingerprint density at radius 2 is 2.14 bits per heavy atom. The van der Waals surface area contributed by atoms with Crippen LogP contribution < -0.4 is 0 Å². The smallest absolute Gasteiger partial charge is 0.410 e. The van der Waals surface area contributed by atoms with E-state index in [2.05, 4.69) is 25.1 Å². The predicted molar refractivity (Wildman–Crippen MR) is 82.4 cm³/mol. The van der Waals surface area contributed by atoms with Crippen LogP contribution in [0.15, 0.2) is 24.3 Å². The fourth-order valence-electron chi connectivity index (χ4n) is 2.80. The van der Waals surface area contributed by atoms with Crippen molar-refractivity contribution >= 4 is 6.09 Å². The third kappa shape index (κ3) is 3.97. The first-order valence-electron chi connectivity index (χ1n) is 7.47. The lowest BCUT2D eigenvalue weighted by molar-refractivity contribution is 0.0174. The molecule has 116 valence electrons. The zero-order valence-electron chi connectivity index (χ0n) is 13.3. The molecule has 1 N–H and O–H groups in total. The fraction of sp³-hybridized carbons (Fsp3) is 0.588. The quantitative estimate of drug-likeness (QED) is 0.911. The molecule has 0 unspecified atom stereocenters. The minimum absolute atomic E-state index is 0.0262. The van der Waals surface area contributed by atoms with Crippen molar-refractivity contribution in [2.45, 2.75) is 51.7 Å². The minimum Gasteiger partial charge on any atom is -0.444 e. The van der Waals surface area contributed by atoms with Gasteiger partial charge < -0.3 is 14.7 Å². The van der Waals surface area contributed by atoms with Crippen LogP contribution in [-0.4, -0.2) is 40.9 Å². The van der Waals surface area contributed by atoms with E-state index >= 15 is 0 Å². The molecule has 1 heterocycles. The van der Waals surface area contributed by atoms with Gasteiger partial charge in [0.1, 0.15) is 5.60 Å². The van der Waals surface area contributed by atoms with Gasteiger partial charge in [-0.1, -0.05) is 29.8 Å². The summed E-state index contributed by atoms with van der Waals surface area (Å²) in [5.41, 5.74) is 1.92. The first-order chi connectivity index (χ1) is 9.80. The lowest BCUT2D eigenvalue weighted by Gasteiger charge is -2.27. The molecular weight excluding hydrogens is 266 g/mol. The molecule has 1 aliphatic heterocycles. The molecule has 0 saturated carbocycles. The highest BCUT2D eigenvalue weighted by Crippen LogP contribution is 2.32. The van der Waals surface area contributed by atoms with Crippen LogP contribution in [0.4, 0.5) is 4.79 Å². The lowest BCUT2D eigenvalue weighted by Crippen LogP contribution is -2.41. The molecule has 4 heteroatoms. The van der Waals surface area contributed by atoms with Crippen molar-refractivity contribution in [3.63, 3.8) is 0 Å². The summed E-state index contributed by atoms with van der Waals surface area (Å²) < 4.78 is 5.44. The van der Waals surface area contributed by atoms with Crippen molar-refractivity contribution in [1.82, 2.24) is 4.90 Å². The molecule has 4 nitrogen and oxygen atoms in total. The maximum Gasteiger partial charge on any atom is 0.410 e. The molecule has 2 atom stereocenters.